The normalized spacial score (nSPS) is 49.7. The fourth-order valence-electron chi connectivity index (χ4n) is 2.47. The number of hydrogen-bond donors (Lipinski definition) is 1. The molecule has 9 heavy (non-hydrogen) atoms. The van der Waals surface area contributed by atoms with E-state index in [1.807, 2.05) is 0 Å². The summed E-state index contributed by atoms with van der Waals surface area (Å²) in [5.74, 6) is 1.78. The number of aliphatic hydroxyl groups is 1. The van der Waals surface area contributed by atoms with Crippen molar-refractivity contribution in [1.29, 1.82) is 0 Å². The van der Waals surface area contributed by atoms with Gasteiger partial charge in [-0.3, -0.25) is 0 Å². The van der Waals surface area contributed by atoms with Crippen molar-refractivity contribution < 1.29 is 5.11 Å². The minimum Gasteiger partial charge on any atom is -0.393 e. The molecule has 0 aromatic carbocycles. The van der Waals surface area contributed by atoms with Crippen molar-refractivity contribution in [2.24, 2.45) is 11.8 Å². The Labute approximate surface area is 56.1 Å². The summed E-state index contributed by atoms with van der Waals surface area (Å²) < 4.78 is 0. The van der Waals surface area contributed by atoms with Crippen molar-refractivity contribution in [2.75, 3.05) is 0 Å². The summed E-state index contributed by atoms with van der Waals surface area (Å²) in [4.78, 5) is 0. The molecule has 2 rings (SSSR count). The van der Waals surface area contributed by atoms with E-state index in [0.29, 0.717) is 0 Å². The second-order valence-corrected chi connectivity index (χ2v) is 3.67. The van der Waals surface area contributed by atoms with Gasteiger partial charge in [-0.1, -0.05) is 12.8 Å². The van der Waals surface area contributed by atoms with Crippen LogP contribution in [0.3, 0.4) is 0 Å². The lowest BCUT2D eigenvalue weighted by Crippen LogP contribution is -2.19. The Bertz CT molecular complexity index is 99.1. The Morgan fingerprint density at radius 1 is 0.889 bits per heavy atom. The minimum absolute atomic E-state index is 0.0521. The van der Waals surface area contributed by atoms with Crippen molar-refractivity contribution in [3.8, 4) is 0 Å². The van der Waals surface area contributed by atoms with Crippen LogP contribution in [-0.4, -0.2) is 11.2 Å². The van der Waals surface area contributed by atoms with Crippen molar-refractivity contribution in [3.05, 3.63) is 0 Å². The highest BCUT2D eigenvalue weighted by atomic mass is 16.3. The summed E-state index contributed by atoms with van der Waals surface area (Å²) in [7, 11) is 0. The van der Waals surface area contributed by atoms with Gasteiger partial charge in [0.15, 0.2) is 0 Å². The maximum Gasteiger partial charge on any atom is 0.0545 e. The van der Waals surface area contributed by atoms with Gasteiger partial charge in [-0.15, -0.1) is 0 Å². The van der Waals surface area contributed by atoms with Gasteiger partial charge >= 0.3 is 0 Å². The molecule has 2 saturated carbocycles. The molecule has 2 aliphatic carbocycles. The molecule has 52 valence electrons. The number of hydrogen-bond acceptors (Lipinski definition) is 1. The summed E-state index contributed by atoms with van der Waals surface area (Å²) in [6.45, 7) is 0. The van der Waals surface area contributed by atoms with Gasteiger partial charge in [0.25, 0.3) is 0 Å². The average Bonchev–Trinajstić information content (AvgIpc) is 2.11. The molecule has 0 spiro atoms. The van der Waals surface area contributed by atoms with Crippen LogP contribution in [0.15, 0.2) is 0 Å². The molecule has 1 nitrogen and oxygen atoms in total. The van der Waals surface area contributed by atoms with Gasteiger partial charge in [-0.2, -0.15) is 0 Å². The van der Waals surface area contributed by atoms with Crippen LogP contribution in [0.1, 0.15) is 32.1 Å². The second-order valence-electron chi connectivity index (χ2n) is 3.67. The summed E-state index contributed by atoms with van der Waals surface area (Å²) in [6.07, 6.45) is 6.43. The van der Waals surface area contributed by atoms with Crippen LogP contribution >= 0.6 is 0 Å². The van der Waals surface area contributed by atoms with E-state index >= 15 is 0 Å². The largest absolute Gasteiger partial charge is 0.393 e. The monoisotopic (exact) mass is 126 g/mol. The third kappa shape index (κ3) is 0.983. The smallest absolute Gasteiger partial charge is 0.0545 e. The van der Waals surface area contributed by atoms with Crippen molar-refractivity contribution in [1.82, 2.24) is 0 Å². The van der Waals surface area contributed by atoms with Gasteiger partial charge in [-0.25, -0.2) is 0 Å². The summed E-state index contributed by atoms with van der Waals surface area (Å²) in [6, 6.07) is 0. The lowest BCUT2D eigenvalue weighted by molar-refractivity contribution is 0.0965. The first-order valence-corrected chi connectivity index (χ1v) is 4.02. The first-order valence-electron chi connectivity index (χ1n) is 4.02. The molecule has 2 aliphatic rings. The molecule has 0 aromatic heterocycles. The molecule has 0 heterocycles. The topological polar surface area (TPSA) is 20.2 Å². The molecule has 0 amide bonds. The SMILES string of the molecule is OC1C[C@H]2CC[C@H](C1)C2. The van der Waals surface area contributed by atoms with Crippen LogP contribution in [0.5, 0.6) is 0 Å². The van der Waals surface area contributed by atoms with Gasteiger partial charge < -0.3 is 5.11 Å². The highest BCUT2D eigenvalue weighted by Gasteiger charge is 2.32. The number of fused-ring (bicyclic) bond motifs is 2. The lowest BCUT2D eigenvalue weighted by Gasteiger charge is -2.22. The molecule has 1 N–H and O–H groups in total. The Morgan fingerprint density at radius 2 is 1.44 bits per heavy atom. The van der Waals surface area contributed by atoms with Gasteiger partial charge in [0.1, 0.15) is 0 Å². The average molecular weight is 126 g/mol. The Balaban J connectivity index is 2.03. The van der Waals surface area contributed by atoms with Gasteiger partial charge in [0.05, 0.1) is 6.10 Å². The quantitative estimate of drug-likeness (QED) is 0.522. The molecule has 0 aliphatic heterocycles. The van der Waals surface area contributed by atoms with E-state index in [2.05, 4.69) is 0 Å². The fraction of sp³-hybridized carbons (Fsp3) is 1.00. The highest BCUT2D eigenvalue weighted by molar-refractivity contribution is 4.84. The Morgan fingerprint density at radius 3 is 2.00 bits per heavy atom. The van der Waals surface area contributed by atoms with Crippen LogP contribution in [0, 0.1) is 11.8 Å². The first-order chi connectivity index (χ1) is 4.34. The zero-order chi connectivity index (χ0) is 6.27. The van der Waals surface area contributed by atoms with E-state index in [9.17, 15) is 5.11 Å². The third-order valence-corrected chi connectivity index (χ3v) is 2.86. The van der Waals surface area contributed by atoms with Crippen LogP contribution in [0.25, 0.3) is 0 Å². The van der Waals surface area contributed by atoms with E-state index in [-0.39, 0.29) is 6.10 Å². The van der Waals surface area contributed by atoms with Gasteiger partial charge in [-0.05, 0) is 31.1 Å². The third-order valence-electron chi connectivity index (χ3n) is 2.86. The maximum atomic E-state index is 9.29. The zero-order valence-electron chi connectivity index (χ0n) is 5.71. The zero-order valence-corrected chi connectivity index (χ0v) is 5.71. The van der Waals surface area contributed by atoms with Crippen LogP contribution in [0.2, 0.25) is 0 Å². The molecular formula is C8H14O. The Kier molecular flexibility index (Phi) is 1.26. The van der Waals surface area contributed by atoms with Crippen molar-refractivity contribution in [2.45, 2.75) is 38.2 Å². The lowest BCUT2D eigenvalue weighted by atomic mass is 9.87. The first kappa shape index (κ1) is 5.72. The highest BCUT2D eigenvalue weighted by Crippen LogP contribution is 2.41. The van der Waals surface area contributed by atoms with E-state index in [1.54, 1.807) is 0 Å². The Hall–Kier alpha value is -0.0400. The fourth-order valence-corrected chi connectivity index (χ4v) is 2.47. The minimum atomic E-state index is 0.0521. The van der Waals surface area contributed by atoms with Crippen LogP contribution < -0.4 is 0 Å². The summed E-state index contributed by atoms with van der Waals surface area (Å²) in [5.41, 5.74) is 0. The van der Waals surface area contributed by atoms with E-state index in [1.165, 1.54) is 19.3 Å². The standard InChI is InChI=1S/C8H14O/c9-8-4-6-1-2-7(3-6)5-8/h6-9H,1-5H2/t6-,7-/m0/s1. The maximum absolute atomic E-state index is 9.29. The summed E-state index contributed by atoms with van der Waals surface area (Å²) >= 11 is 0. The molecule has 1 heteroatoms. The molecule has 0 unspecified atom stereocenters. The molecular weight excluding hydrogens is 112 g/mol. The van der Waals surface area contributed by atoms with E-state index in [4.69, 9.17) is 0 Å². The van der Waals surface area contributed by atoms with Gasteiger partial charge in [0, 0.05) is 0 Å². The molecule has 0 aromatic rings. The predicted molar refractivity (Wildman–Crippen MR) is 36.1 cm³/mol. The van der Waals surface area contributed by atoms with Gasteiger partial charge in [0.2, 0.25) is 0 Å². The number of rotatable bonds is 0. The number of aliphatic hydroxyl groups excluding tert-OH is 1. The van der Waals surface area contributed by atoms with Crippen LogP contribution in [0.4, 0.5) is 0 Å². The second kappa shape index (κ2) is 1.98. The van der Waals surface area contributed by atoms with Crippen molar-refractivity contribution >= 4 is 0 Å². The van der Waals surface area contributed by atoms with E-state index in [0.717, 1.165) is 24.7 Å². The molecule has 0 saturated heterocycles. The van der Waals surface area contributed by atoms with Crippen LogP contribution in [-0.2, 0) is 0 Å². The predicted octanol–water partition coefficient (Wildman–Crippen LogP) is 1.56. The molecule has 0 radical (unpaired) electrons. The van der Waals surface area contributed by atoms with Crippen molar-refractivity contribution in [3.63, 3.8) is 0 Å². The molecule has 2 atom stereocenters. The molecule has 2 bridgehead atoms. The summed E-state index contributed by atoms with van der Waals surface area (Å²) in [5, 5.41) is 9.29. The van der Waals surface area contributed by atoms with E-state index < -0.39 is 0 Å². The molecule has 2 fully saturated rings.